The van der Waals surface area contributed by atoms with Gasteiger partial charge in [0, 0.05) is 16.9 Å². The molecule has 0 radical (unpaired) electrons. The minimum absolute atomic E-state index is 0.0963. The predicted molar refractivity (Wildman–Crippen MR) is 77.9 cm³/mol. The van der Waals surface area contributed by atoms with E-state index in [1.807, 2.05) is 0 Å². The lowest BCUT2D eigenvalue weighted by molar-refractivity contribution is -0.00654. The number of alkyl halides is 2. The third-order valence-electron chi connectivity index (χ3n) is 3.79. The Balaban J connectivity index is 1.93. The first-order chi connectivity index (χ1) is 9.13. The van der Waals surface area contributed by atoms with E-state index in [0.29, 0.717) is 5.25 Å². The standard InChI is InChI=1S/C15H21F2NS/c1-19-14-10-6-5-9-13(14)18-11-15(16,17)12-7-3-2-4-8-12/h2-4,7-8,13-14,18H,5-6,9-11H2,1H3. The molecule has 1 nitrogen and oxygen atoms in total. The van der Waals surface area contributed by atoms with Gasteiger partial charge in [-0.3, -0.25) is 0 Å². The Bertz CT molecular complexity index is 383. The summed E-state index contributed by atoms with van der Waals surface area (Å²) < 4.78 is 28.1. The first kappa shape index (κ1) is 14.8. The maximum atomic E-state index is 14.1. The molecule has 19 heavy (non-hydrogen) atoms. The van der Waals surface area contributed by atoms with Crippen LogP contribution in [-0.4, -0.2) is 24.1 Å². The van der Waals surface area contributed by atoms with Crippen LogP contribution in [0.15, 0.2) is 30.3 Å². The SMILES string of the molecule is CSC1CCCCC1NCC(F)(F)c1ccccc1. The second-order valence-corrected chi connectivity index (χ2v) is 6.19. The summed E-state index contributed by atoms with van der Waals surface area (Å²) >= 11 is 1.79. The minimum atomic E-state index is -2.79. The van der Waals surface area contributed by atoms with Crippen LogP contribution in [0.3, 0.4) is 0 Å². The highest BCUT2D eigenvalue weighted by molar-refractivity contribution is 7.99. The summed E-state index contributed by atoms with van der Waals surface area (Å²) in [5.74, 6) is -2.79. The van der Waals surface area contributed by atoms with Gasteiger partial charge in [-0.05, 0) is 19.1 Å². The van der Waals surface area contributed by atoms with Crippen molar-refractivity contribution in [3.8, 4) is 0 Å². The molecule has 1 aromatic carbocycles. The number of hydrogen-bond donors (Lipinski definition) is 1. The average Bonchev–Trinajstić information content (AvgIpc) is 2.46. The molecule has 4 heteroatoms. The van der Waals surface area contributed by atoms with Gasteiger partial charge >= 0.3 is 0 Å². The summed E-state index contributed by atoms with van der Waals surface area (Å²) in [6, 6.07) is 8.29. The summed E-state index contributed by atoms with van der Waals surface area (Å²) in [6.07, 6.45) is 6.58. The molecule has 0 saturated heterocycles. The van der Waals surface area contributed by atoms with E-state index >= 15 is 0 Å². The highest BCUT2D eigenvalue weighted by Gasteiger charge is 2.33. The molecule has 106 valence electrons. The fraction of sp³-hybridized carbons (Fsp3) is 0.600. The summed E-state index contributed by atoms with van der Waals surface area (Å²) in [4.78, 5) is 0. The molecule has 1 aliphatic rings. The molecule has 2 rings (SSSR count). The summed E-state index contributed by atoms with van der Waals surface area (Å²) in [5.41, 5.74) is 0.0963. The lowest BCUT2D eigenvalue weighted by Gasteiger charge is -2.32. The van der Waals surface area contributed by atoms with Gasteiger partial charge in [0.1, 0.15) is 0 Å². The van der Waals surface area contributed by atoms with Crippen LogP contribution in [0.25, 0.3) is 0 Å². The molecule has 2 atom stereocenters. The number of nitrogens with one attached hydrogen (secondary N) is 1. The van der Waals surface area contributed by atoms with Gasteiger partial charge in [-0.2, -0.15) is 20.5 Å². The van der Waals surface area contributed by atoms with E-state index in [1.165, 1.54) is 18.6 Å². The molecule has 0 bridgehead atoms. The minimum Gasteiger partial charge on any atom is -0.307 e. The predicted octanol–water partition coefficient (Wildman–Crippen LogP) is 4.04. The average molecular weight is 285 g/mol. The Morgan fingerprint density at radius 2 is 1.89 bits per heavy atom. The van der Waals surface area contributed by atoms with E-state index in [4.69, 9.17) is 0 Å². The van der Waals surface area contributed by atoms with Crippen molar-refractivity contribution in [2.45, 2.75) is 42.9 Å². The molecule has 1 aromatic rings. The normalized spacial score (nSPS) is 24.4. The van der Waals surface area contributed by atoms with Crippen LogP contribution in [0.1, 0.15) is 31.2 Å². The van der Waals surface area contributed by atoms with Gasteiger partial charge in [0.15, 0.2) is 0 Å². The molecule has 0 heterocycles. The molecule has 0 amide bonds. The van der Waals surface area contributed by atoms with E-state index in [0.717, 1.165) is 19.3 Å². The molecule has 0 aliphatic heterocycles. The van der Waals surface area contributed by atoms with Crippen molar-refractivity contribution in [2.24, 2.45) is 0 Å². The van der Waals surface area contributed by atoms with Gasteiger partial charge < -0.3 is 5.32 Å². The van der Waals surface area contributed by atoms with Crippen LogP contribution in [0, 0.1) is 0 Å². The lowest BCUT2D eigenvalue weighted by atomic mass is 9.94. The van der Waals surface area contributed by atoms with E-state index in [1.54, 1.807) is 30.0 Å². The maximum Gasteiger partial charge on any atom is 0.285 e. The third-order valence-corrected chi connectivity index (χ3v) is 4.96. The van der Waals surface area contributed by atoms with Crippen LogP contribution in [0.4, 0.5) is 8.78 Å². The summed E-state index contributed by atoms with van der Waals surface area (Å²) in [5, 5.41) is 3.56. The zero-order valence-electron chi connectivity index (χ0n) is 11.2. The molecular formula is C15H21F2NS. The van der Waals surface area contributed by atoms with Crippen molar-refractivity contribution in [3.05, 3.63) is 35.9 Å². The van der Waals surface area contributed by atoms with Crippen molar-refractivity contribution < 1.29 is 8.78 Å². The van der Waals surface area contributed by atoms with Gasteiger partial charge in [-0.1, -0.05) is 43.2 Å². The molecule has 0 spiro atoms. The van der Waals surface area contributed by atoms with Crippen molar-refractivity contribution in [1.29, 1.82) is 0 Å². The molecule has 1 N–H and O–H groups in total. The van der Waals surface area contributed by atoms with E-state index in [-0.39, 0.29) is 18.2 Å². The van der Waals surface area contributed by atoms with Crippen molar-refractivity contribution in [3.63, 3.8) is 0 Å². The van der Waals surface area contributed by atoms with E-state index < -0.39 is 5.92 Å². The number of halogens is 2. The monoisotopic (exact) mass is 285 g/mol. The van der Waals surface area contributed by atoms with Crippen LogP contribution in [0.2, 0.25) is 0 Å². The van der Waals surface area contributed by atoms with Crippen LogP contribution in [0.5, 0.6) is 0 Å². The molecule has 2 unspecified atom stereocenters. The highest BCUT2D eigenvalue weighted by atomic mass is 32.2. The van der Waals surface area contributed by atoms with E-state index in [2.05, 4.69) is 11.6 Å². The number of benzene rings is 1. The number of hydrogen-bond acceptors (Lipinski definition) is 2. The fourth-order valence-corrected chi connectivity index (χ4v) is 3.62. The van der Waals surface area contributed by atoms with Gasteiger partial charge in [0.2, 0.25) is 0 Å². The largest absolute Gasteiger partial charge is 0.307 e. The van der Waals surface area contributed by atoms with Crippen LogP contribution >= 0.6 is 11.8 Å². The molecule has 1 fully saturated rings. The molecule has 0 aromatic heterocycles. The van der Waals surface area contributed by atoms with Crippen LogP contribution in [-0.2, 0) is 5.92 Å². The Morgan fingerprint density at radius 3 is 2.58 bits per heavy atom. The first-order valence-electron chi connectivity index (χ1n) is 6.83. The molecule has 1 saturated carbocycles. The number of rotatable bonds is 5. The Hall–Kier alpha value is -0.610. The quantitative estimate of drug-likeness (QED) is 0.876. The Kier molecular flexibility index (Phi) is 5.22. The zero-order chi connectivity index (χ0) is 13.7. The first-order valence-corrected chi connectivity index (χ1v) is 8.12. The smallest absolute Gasteiger partial charge is 0.285 e. The zero-order valence-corrected chi connectivity index (χ0v) is 12.1. The molecular weight excluding hydrogens is 264 g/mol. The van der Waals surface area contributed by atoms with Gasteiger partial charge in [0.05, 0.1) is 6.54 Å². The van der Waals surface area contributed by atoms with Crippen molar-refractivity contribution >= 4 is 11.8 Å². The Morgan fingerprint density at radius 1 is 1.21 bits per heavy atom. The summed E-state index contributed by atoms with van der Waals surface area (Å²) in [6.45, 7) is -0.265. The second kappa shape index (κ2) is 6.71. The lowest BCUT2D eigenvalue weighted by Crippen LogP contribution is -2.44. The van der Waals surface area contributed by atoms with E-state index in [9.17, 15) is 8.78 Å². The van der Waals surface area contributed by atoms with Gasteiger partial charge in [-0.15, -0.1) is 0 Å². The summed E-state index contributed by atoms with van der Waals surface area (Å²) in [7, 11) is 0. The fourth-order valence-electron chi connectivity index (χ4n) is 2.66. The number of thioether (sulfide) groups is 1. The van der Waals surface area contributed by atoms with Crippen LogP contribution < -0.4 is 5.32 Å². The molecule has 1 aliphatic carbocycles. The van der Waals surface area contributed by atoms with Crippen molar-refractivity contribution in [1.82, 2.24) is 5.32 Å². The third kappa shape index (κ3) is 3.93. The highest BCUT2D eigenvalue weighted by Crippen LogP contribution is 2.30. The van der Waals surface area contributed by atoms with Gasteiger partial charge in [-0.25, -0.2) is 0 Å². The maximum absolute atomic E-state index is 14.1. The van der Waals surface area contributed by atoms with Crippen molar-refractivity contribution in [2.75, 3.05) is 12.8 Å². The topological polar surface area (TPSA) is 12.0 Å². The Labute approximate surface area is 118 Å². The second-order valence-electron chi connectivity index (χ2n) is 5.12. The van der Waals surface area contributed by atoms with Gasteiger partial charge in [0.25, 0.3) is 5.92 Å².